The summed E-state index contributed by atoms with van der Waals surface area (Å²) >= 11 is 5.84. The lowest BCUT2D eigenvalue weighted by Crippen LogP contribution is -2.04. The summed E-state index contributed by atoms with van der Waals surface area (Å²) in [6.45, 7) is 2.90. The van der Waals surface area contributed by atoms with Crippen LogP contribution in [0.15, 0.2) is 54.6 Å². The topological polar surface area (TPSA) is 22.0 Å². The summed E-state index contributed by atoms with van der Waals surface area (Å²) in [5.74, 6) is -0.0312. The van der Waals surface area contributed by atoms with Gasteiger partial charge >= 0.3 is 0 Å². The van der Waals surface area contributed by atoms with Gasteiger partial charge in [0, 0.05) is 17.4 Å². The number of aromatic nitrogens is 1. The molecule has 0 unspecified atom stereocenters. The van der Waals surface area contributed by atoms with Gasteiger partial charge in [-0.2, -0.15) is 0 Å². The minimum absolute atomic E-state index is 0.00243. The van der Waals surface area contributed by atoms with Crippen LogP contribution in [0.5, 0.6) is 0 Å². The molecule has 0 fully saturated rings. The Kier molecular flexibility index (Phi) is 3.80. The molecule has 0 saturated heterocycles. The Labute approximate surface area is 129 Å². The fraction of sp³-hybridized carbons (Fsp3) is 0.167. The van der Waals surface area contributed by atoms with Gasteiger partial charge in [-0.15, -0.1) is 11.6 Å². The molecule has 0 amide bonds. The molecule has 0 aliphatic rings. The molecule has 0 N–H and O–H groups in total. The number of nitrogens with zero attached hydrogens (tertiary/aromatic N) is 1. The lowest BCUT2D eigenvalue weighted by Gasteiger charge is -2.09. The molecule has 0 bridgehead atoms. The fourth-order valence-corrected chi connectivity index (χ4v) is 3.01. The first-order valence-electron chi connectivity index (χ1n) is 7.03. The van der Waals surface area contributed by atoms with Crippen LogP contribution >= 0.6 is 11.6 Å². The number of para-hydroxylation sites is 1. The van der Waals surface area contributed by atoms with Crippen molar-refractivity contribution >= 4 is 28.3 Å². The first-order valence-corrected chi connectivity index (χ1v) is 7.57. The minimum atomic E-state index is -0.0288. The lowest BCUT2D eigenvalue weighted by atomic mass is 10.0. The molecule has 2 nitrogen and oxygen atoms in total. The molecule has 0 saturated carbocycles. The Morgan fingerprint density at radius 3 is 2.38 bits per heavy atom. The number of fused-ring (bicyclic) bond motifs is 1. The summed E-state index contributed by atoms with van der Waals surface area (Å²) in [6.07, 6.45) is 0. The van der Waals surface area contributed by atoms with Crippen molar-refractivity contribution in [2.45, 2.75) is 13.5 Å². The second kappa shape index (κ2) is 5.74. The molecule has 3 heteroatoms. The largest absolute Gasteiger partial charge is 0.340 e. The molecular weight excluding hydrogens is 282 g/mol. The summed E-state index contributed by atoms with van der Waals surface area (Å²) in [5.41, 5.74) is 3.81. The monoisotopic (exact) mass is 297 g/mol. The zero-order valence-corrected chi connectivity index (χ0v) is 12.6. The highest BCUT2D eigenvalue weighted by atomic mass is 35.5. The molecule has 3 rings (SSSR count). The highest BCUT2D eigenvalue weighted by Gasteiger charge is 2.21. The molecule has 0 atom stereocenters. The predicted molar refractivity (Wildman–Crippen MR) is 88.1 cm³/mol. The van der Waals surface area contributed by atoms with Crippen molar-refractivity contribution in [2.24, 2.45) is 0 Å². The van der Waals surface area contributed by atoms with Crippen LogP contribution in [0.3, 0.4) is 0 Å². The van der Waals surface area contributed by atoms with Crippen molar-refractivity contribution < 1.29 is 4.79 Å². The van der Waals surface area contributed by atoms with Crippen LogP contribution in [0.2, 0.25) is 0 Å². The van der Waals surface area contributed by atoms with E-state index in [1.807, 2.05) is 48.5 Å². The number of hydrogen-bond acceptors (Lipinski definition) is 1. The molecule has 0 spiro atoms. The van der Waals surface area contributed by atoms with Crippen molar-refractivity contribution in [3.8, 4) is 11.3 Å². The van der Waals surface area contributed by atoms with Gasteiger partial charge in [0.05, 0.1) is 17.1 Å². The van der Waals surface area contributed by atoms with E-state index in [1.54, 1.807) is 0 Å². The number of alkyl halides is 1. The number of hydrogen-bond donors (Lipinski definition) is 0. The summed E-state index contributed by atoms with van der Waals surface area (Å²) in [7, 11) is 0. The fourth-order valence-electron chi connectivity index (χ4n) is 2.88. The standard InChI is InChI=1S/C18H16ClNO/c1-2-20-15-11-7-6-10-14(15)17(16(21)12-19)18(20)13-8-4-3-5-9-13/h3-11H,2,12H2,1H3. The van der Waals surface area contributed by atoms with Crippen LogP contribution in [0.4, 0.5) is 0 Å². The smallest absolute Gasteiger partial charge is 0.180 e. The highest BCUT2D eigenvalue weighted by Crippen LogP contribution is 2.34. The van der Waals surface area contributed by atoms with Crippen LogP contribution < -0.4 is 0 Å². The average molecular weight is 298 g/mol. The van der Waals surface area contributed by atoms with Crippen molar-refractivity contribution in [3.63, 3.8) is 0 Å². The molecule has 2 aromatic carbocycles. The third-order valence-corrected chi connectivity index (χ3v) is 3.98. The minimum Gasteiger partial charge on any atom is -0.340 e. The van der Waals surface area contributed by atoms with E-state index in [1.165, 1.54) is 0 Å². The molecule has 106 valence electrons. The molecule has 0 radical (unpaired) electrons. The average Bonchev–Trinajstić information content (AvgIpc) is 2.89. The first kappa shape index (κ1) is 13.9. The Morgan fingerprint density at radius 2 is 1.71 bits per heavy atom. The Bertz CT molecular complexity index is 790. The van der Waals surface area contributed by atoms with Crippen LogP contribution in [0.1, 0.15) is 17.3 Å². The van der Waals surface area contributed by atoms with Gasteiger partial charge in [-0.05, 0) is 18.6 Å². The van der Waals surface area contributed by atoms with Gasteiger partial charge in [0.2, 0.25) is 0 Å². The third kappa shape index (κ3) is 2.26. The number of carbonyl (C=O) groups excluding carboxylic acids is 1. The number of carbonyl (C=O) groups is 1. The molecule has 1 aromatic heterocycles. The van der Waals surface area contributed by atoms with Gasteiger partial charge in [0.15, 0.2) is 5.78 Å². The van der Waals surface area contributed by atoms with Crippen LogP contribution in [0, 0.1) is 0 Å². The van der Waals surface area contributed by atoms with Gasteiger partial charge in [-0.3, -0.25) is 4.79 Å². The van der Waals surface area contributed by atoms with E-state index in [0.29, 0.717) is 0 Å². The maximum Gasteiger partial charge on any atom is 0.180 e. The summed E-state index contributed by atoms with van der Waals surface area (Å²) in [6, 6.07) is 18.0. The molecule has 0 aliphatic carbocycles. The third-order valence-electron chi connectivity index (χ3n) is 3.73. The van der Waals surface area contributed by atoms with E-state index < -0.39 is 0 Å². The van der Waals surface area contributed by atoms with E-state index in [9.17, 15) is 4.79 Å². The normalized spacial score (nSPS) is 11.0. The molecule has 3 aromatic rings. The molecule has 21 heavy (non-hydrogen) atoms. The Morgan fingerprint density at radius 1 is 1.05 bits per heavy atom. The van der Waals surface area contributed by atoms with Gasteiger partial charge in [0.25, 0.3) is 0 Å². The first-order chi connectivity index (χ1) is 10.3. The van der Waals surface area contributed by atoms with Gasteiger partial charge in [-0.1, -0.05) is 48.5 Å². The van der Waals surface area contributed by atoms with E-state index >= 15 is 0 Å². The zero-order valence-electron chi connectivity index (χ0n) is 11.8. The van der Waals surface area contributed by atoms with Crippen molar-refractivity contribution in [1.82, 2.24) is 4.57 Å². The van der Waals surface area contributed by atoms with Crippen LogP contribution in [-0.4, -0.2) is 16.2 Å². The molecule has 1 heterocycles. The maximum absolute atomic E-state index is 12.4. The van der Waals surface area contributed by atoms with E-state index in [-0.39, 0.29) is 11.7 Å². The van der Waals surface area contributed by atoms with Gasteiger partial charge < -0.3 is 4.57 Å². The zero-order chi connectivity index (χ0) is 14.8. The Balaban J connectivity index is 2.43. The number of ketones is 1. The molecular formula is C18H16ClNO. The summed E-state index contributed by atoms with van der Waals surface area (Å²) < 4.78 is 2.18. The number of Topliss-reactive ketones (excluding diaryl/α,β-unsaturated/α-hetero) is 1. The van der Waals surface area contributed by atoms with Crippen molar-refractivity contribution in [1.29, 1.82) is 0 Å². The van der Waals surface area contributed by atoms with Crippen molar-refractivity contribution in [3.05, 3.63) is 60.2 Å². The van der Waals surface area contributed by atoms with E-state index in [2.05, 4.69) is 17.6 Å². The van der Waals surface area contributed by atoms with Crippen LogP contribution in [-0.2, 0) is 6.54 Å². The van der Waals surface area contributed by atoms with E-state index in [4.69, 9.17) is 11.6 Å². The van der Waals surface area contributed by atoms with E-state index in [0.717, 1.165) is 34.3 Å². The second-order valence-electron chi connectivity index (χ2n) is 4.91. The van der Waals surface area contributed by atoms with Crippen molar-refractivity contribution in [2.75, 3.05) is 5.88 Å². The number of halogens is 1. The second-order valence-corrected chi connectivity index (χ2v) is 5.18. The summed E-state index contributed by atoms with van der Waals surface area (Å²) in [4.78, 5) is 12.4. The Hall–Kier alpha value is -2.06. The number of aryl methyl sites for hydroxylation is 1. The molecule has 0 aliphatic heterocycles. The summed E-state index contributed by atoms with van der Waals surface area (Å²) in [5, 5.41) is 0.976. The lowest BCUT2D eigenvalue weighted by molar-refractivity contribution is 0.102. The van der Waals surface area contributed by atoms with Crippen LogP contribution in [0.25, 0.3) is 22.2 Å². The highest BCUT2D eigenvalue weighted by molar-refractivity contribution is 6.33. The number of rotatable bonds is 4. The van der Waals surface area contributed by atoms with Gasteiger partial charge in [0.1, 0.15) is 0 Å². The number of benzene rings is 2. The predicted octanol–water partition coefficient (Wildman–Crippen LogP) is 4.75. The van der Waals surface area contributed by atoms with Gasteiger partial charge in [-0.25, -0.2) is 0 Å². The SMILES string of the molecule is CCn1c(-c2ccccc2)c(C(=O)CCl)c2ccccc21. The maximum atomic E-state index is 12.4. The quantitative estimate of drug-likeness (QED) is 0.503.